The average Bonchev–Trinajstić information content (AvgIpc) is 3.64. The van der Waals surface area contributed by atoms with Crippen LogP contribution in [0.25, 0.3) is 11.1 Å². The predicted octanol–water partition coefficient (Wildman–Crippen LogP) is 7.66. The van der Waals surface area contributed by atoms with Gasteiger partial charge in [0.05, 0.1) is 17.0 Å². The van der Waals surface area contributed by atoms with E-state index < -0.39 is 11.6 Å². The van der Waals surface area contributed by atoms with Gasteiger partial charge in [-0.25, -0.2) is 18.7 Å². The predicted molar refractivity (Wildman–Crippen MR) is 153 cm³/mol. The fourth-order valence-corrected chi connectivity index (χ4v) is 6.79. The van der Waals surface area contributed by atoms with E-state index >= 15 is 4.39 Å². The summed E-state index contributed by atoms with van der Waals surface area (Å²) in [5, 5.41) is 0. The first-order valence-corrected chi connectivity index (χ1v) is 14.3. The van der Waals surface area contributed by atoms with E-state index in [1.165, 1.54) is 35.2 Å². The van der Waals surface area contributed by atoms with Crippen molar-refractivity contribution in [1.82, 2.24) is 9.97 Å². The van der Waals surface area contributed by atoms with Crippen molar-refractivity contribution in [2.75, 3.05) is 18.0 Å². The van der Waals surface area contributed by atoms with Crippen LogP contribution in [-0.2, 0) is 13.0 Å². The number of rotatable bonds is 6. The van der Waals surface area contributed by atoms with Gasteiger partial charge in [0.15, 0.2) is 0 Å². The molecule has 4 nitrogen and oxygen atoms in total. The third-order valence-corrected chi connectivity index (χ3v) is 9.06. The van der Waals surface area contributed by atoms with Gasteiger partial charge < -0.3 is 9.64 Å². The maximum atomic E-state index is 15.8. The van der Waals surface area contributed by atoms with Crippen molar-refractivity contribution >= 4 is 5.95 Å². The number of anilines is 1. The molecular weight excluding hydrogens is 504 g/mol. The summed E-state index contributed by atoms with van der Waals surface area (Å²) in [6.07, 6.45) is 4.44. The fraction of sp³-hybridized carbons (Fsp3) is 0.353. The lowest BCUT2D eigenvalue weighted by molar-refractivity contribution is 0.292. The molecule has 3 aliphatic rings. The third-order valence-electron chi connectivity index (χ3n) is 9.06. The molecule has 3 aromatic carbocycles. The molecule has 6 heteroatoms. The lowest BCUT2D eigenvalue weighted by Crippen LogP contribution is -2.34. The Balaban J connectivity index is 1.09. The molecule has 0 N–H and O–H groups in total. The van der Waals surface area contributed by atoms with Crippen LogP contribution >= 0.6 is 0 Å². The van der Waals surface area contributed by atoms with Crippen molar-refractivity contribution in [3.05, 3.63) is 106 Å². The van der Waals surface area contributed by atoms with Crippen LogP contribution in [-0.4, -0.2) is 23.1 Å². The topological polar surface area (TPSA) is 38.2 Å². The summed E-state index contributed by atoms with van der Waals surface area (Å²) < 4.78 is 36.6. The molecule has 7 rings (SSSR count). The lowest BCUT2D eigenvalue weighted by atomic mass is 9.89. The molecule has 0 spiro atoms. The van der Waals surface area contributed by atoms with Crippen molar-refractivity contribution in [2.24, 2.45) is 5.92 Å². The molecule has 1 saturated heterocycles. The number of aromatic nitrogens is 2. The van der Waals surface area contributed by atoms with Gasteiger partial charge in [-0.05, 0) is 98.2 Å². The second-order valence-corrected chi connectivity index (χ2v) is 11.6. The molecule has 0 bridgehead atoms. The van der Waals surface area contributed by atoms with Gasteiger partial charge >= 0.3 is 0 Å². The van der Waals surface area contributed by atoms with Crippen LogP contribution in [0, 0.1) is 31.4 Å². The van der Waals surface area contributed by atoms with Crippen LogP contribution in [0.1, 0.15) is 64.7 Å². The van der Waals surface area contributed by atoms with E-state index in [0.29, 0.717) is 46.0 Å². The first kappa shape index (κ1) is 25.2. The summed E-state index contributed by atoms with van der Waals surface area (Å²) in [6.45, 7) is 5.31. The Labute approximate surface area is 234 Å². The summed E-state index contributed by atoms with van der Waals surface area (Å²) >= 11 is 0. The molecule has 2 aliphatic carbocycles. The minimum atomic E-state index is -0.617. The molecule has 0 radical (unpaired) electrons. The molecule has 1 saturated carbocycles. The number of hydrogen-bond donors (Lipinski definition) is 0. The second-order valence-electron chi connectivity index (χ2n) is 11.6. The molecule has 1 aliphatic heterocycles. The second kappa shape index (κ2) is 9.99. The Kier molecular flexibility index (Phi) is 6.29. The van der Waals surface area contributed by atoms with E-state index in [1.807, 2.05) is 26.0 Å². The number of aryl methyl sites for hydroxylation is 2. The van der Waals surface area contributed by atoms with Crippen molar-refractivity contribution in [2.45, 2.75) is 58.0 Å². The average molecular weight is 538 g/mol. The number of halogens is 2. The van der Waals surface area contributed by atoms with Crippen LogP contribution in [0.15, 0.2) is 60.7 Å². The van der Waals surface area contributed by atoms with Gasteiger partial charge in [0.1, 0.15) is 24.0 Å². The minimum absolute atomic E-state index is 0.0771. The summed E-state index contributed by atoms with van der Waals surface area (Å²) in [4.78, 5) is 11.8. The van der Waals surface area contributed by atoms with Gasteiger partial charge in [-0.2, -0.15) is 0 Å². The number of piperidine rings is 1. The molecular formula is C34H33F2N3O. The molecule has 204 valence electrons. The Morgan fingerprint density at radius 1 is 0.925 bits per heavy atom. The number of ether oxygens (including phenoxy) is 1. The van der Waals surface area contributed by atoms with Crippen molar-refractivity contribution in [3.8, 4) is 16.9 Å². The van der Waals surface area contributed by atoms with Crippen molar-refractivity contribution in [1.29, 1.82) is 0 Å². The zero-order valence-corrected chi connectivity index (χ0v) is 23.0. The Morgan fingerprint density at radius 3 is 2.42 bits per heavy atom. The minimum Gasteiger partial charge on any atom is -0.489 e. The quantitative estimate of drug-likeness (QED) is 0.253. The van der Waals surface area contributed by atoms with E-state index in [1.54, 1.807) is 0 Å². The smallest absolute Gasteiger partial charge is 0.225 e. The Morgan fingerprint density at radius 2 is 1.68 bits per heavy atom. The molecule has 2 heterocycles. The van der Waals surface area contributed by atoms with Gasteiger partial charge in [-0.1, -0.05) is 36.4 Å². The summed E-state index contributed by atoms with van der Waals surface area (Å²) in [5.41, 5.74) is 6.30. The SMILES string of the molecule is Cc1nc(N2CCC(c3ccccc3)CC2)nc(C)c1-c1ccc(F)c(COc2ccc3c(c2)CC2CC32)c1F. The molecule has 2 fully saturated rings. The highest BCUT2D eigenvalue weighted by Crippen LogP contribution is 2.56. The number of benzene rings is 3. The van der Waals surface area contributed by atoms with Gasteiger partial charge in [-0.15, -0.1) is 0 Å². The largest absolute Gasteiger partial charge is 0.489 e. The lowest BCUT2D eigenvalue weighted by Gasteiger charge is -2.32. The van der Waals surface area contributed by atoms with Gasteiger partial charge in [0.2, 0.25) is 5.95 Å². The maximum absolute atomic E-state index is 15.8. The summed E-state index contributed by atoms with van der Waals surface area (Å²) in [7, 11) is 0. The monoisotopic (exact) mass is 537 g/mol. The Hall–Kier alpha value is -3.80. The van der Waals surface area contributed by atoms with Crippen molar-refractivity contribution < 1.29 is 13.5 Å². The summed E-state index contributed by atoms with van der Waals surface area (Å²) in [5.74, 6) is 2.11. The maximum Gasteiger partial charge on any atom is 0.225 e. The highest BCUT2D eigenvalue weighted by molar-refractivity contribution is 5.70. The highest BCUT2D eigenvalue weighted by Gasteiger charge is 2.44. The first-order chi connectivity index (χ1) is 19.5. The molecule has 2 unspecified atom stereocenters. The van der Waals surface area contributed by atoms with E-state index in [0.717, 1.165) is 38.3 Å². The van der Waals surface area contributed by atoms with E-state index in [9.17, 15) is 4.39 Å². The fourth-order valence-electron chi connectivity index (χ4n) is 6.79. The van der Waals surface area contributed by atoms with Crippen LogP contribution in [0.3, 0.4) is 0 Å². The number of hydrogen-bond acceptors (Lipinski definition) is 4. The van der Waals surface area contributed by atoms with Crippen LogP contribution in [0.2, 0.25) is 0 Å². The molecule has 1 aromatic heterocycles. The molecule has 2 atom stereocenters. The highest BCUT2D eigenvalue weighted by atomic mass is 19.1. The summed E-state index contributed by atoms with van der Waals surface area (Å²) in [6, 6.07) is 19.5. The van der Waals surface area contributed by atoms with Crippen LogP contribution in [0.4, 0.5) is 14.7 Å². The van der Waals surface area contributed by atoms with Crippen LogP contribution < -0.4 is 9.64 Å². The standard InChI is InChI=1S/C34H33F2N3O/c1-20-32(21(2)38-34(37-20)39-14-12-23(13-15-39)22-6-4-3-5-7-22)28-10-11-31(35)30(33(28)36)19-40-26-8-9-27-24(17-26)16-25-18-29(25)27/h3-11,17,23,25,29H,12-16,18-19H2,1-2H3. The molecule has 40 heavy (non-hydrogen) atoms. The number of nitrogens with zero attached hydrogens (tertiary/aromatic N) is 3. The zero-order chi connectivity index (χ0) is 27.4. The number of fused-ring (bicyclic) bond motifs is 3. The van der Waals surface area contributed by atoms with Gasteiger partial charge in [-0.3, -0.25) is 0 Å². The zero-order valence-electron chi connectivity index (χ0n) is 23.0. The van der Waals surface area contributed by atoms with Crippen LogP contribution in [0.5, 0.6) is 5.75 Å². The molecule has 4 aromatic rings. The van der Waals surface area contributed by atoms with E-state index in [4.69, 9.17) is 14.7 Å². The Bertz CT molecular complexity index is 1560. The van der Waals surface area contributed by atoms with Crippen molar-refractivity contribution in [3.63, 3.8) is 0 Å². The van der Waals surface area contributed by atoms with Gasteiger partial charge in [0, 0.05) is 24.2 Å². The third kappa shape index (κ3) is 4.53. The van der Waals surface area contributed by atoms with E-state index in [2.05, 4.69) is 41.3 Å². The normalized spacial score (nSPS) is 19.9. The first-order valence-electron chi connectivity index (χ1n) is 14.3. The molecule has 0 amide bonds. The van der Waals surface area contributed by atoms with E-state index in [-0.39, 0.29) is 12.2 Å². The van der Waals surface area contributed by atoms with Gasteiger partial charge in [0.25, 0.3) is 0 Å².